The molecule has 0 amide bonds. The highest BCUT2D eigenvalue weighted by atomic mass is 16.5. The van der Waals surface area contributed by atoms with Gasteiger partial charge in [0, 0.05) is 32.2 Å². The number of hydrogen-bond donors (Lipinski definition) is 1. The summed E-state index contributed by atoms with van der Waals surface area (Å²) in [5.41, 5.74) is 4.58. The summed E-state index contributed by atoms with van der Waals surface area (Å²) in [6.07, 6.45) is 4.34. The lowest BCUT2D eigenvalue weighted by atomic mass is 10.1. The van der Waals surface area contributed by atoms with Crippen LogP contribution < -0.4 is 5.53 Å². The Hall–Kier alpha value is -0.740. The highest BCUT2D eigenvalue weighted by molar-refractivity contribution is 5.01. The van der Waals surface area contributed by atoms with Gasteiger partial charge in [0.2, 0.25) is 0 Å². The molecule has 0 aliphatic carbocycles. The van der Waals surface area contributed by atoms with Gasteiger partial charge in [-0.05, 0) is 19.8 Å². The summed E-state index contributed by atoms with van der Waals surface area (Å²) in [6.45, 7) is 3.91. The normalized spacial score (nSPS) is 25.2. The number of allylic oxidation sites excluding steroid dienone is 1. The maximum absolute atomic E-state index is 5.33. The van der Waals surface area contributed by atoms with E-state index in [1.54, 1.807) is 0 Å². The van der Waals surface area contributed by atoms with E-state index in [9.17, 15) is 0 Å². The first-order valence-electron chi connectivity index (χ1n) is 4.82. The predicted octanol–water partition coefficient (Wildman–Crippen LogP) is 0.694. The van der Waals surface area contributed by atoms with Crippen molar-refractivity contribution in [1.82, 2.24) is 15.6 Å². The minimum Gasteiger partial charge on any atom is -0.381 e. The van der Waals surface area contributed by atoms with E-state index in [2.05, 4.69) is 23.7 Å². The zero-order valence-electron chi connectivity index (χ0n) is 8.29. The third-order valence-electron chi connectivity index (χ3n) is 2.58. The summed E-state index contributed by atoms with van der Waals surface area (Å²) < 4.78 is 5.33. The van der Waals surface area contributed by atoms with Gasteiger partial charge < -0.3 is 4.74 Å². The topological polar surface area (TPSA) is 27.7 Å². The maximum Gasteiger partial charge on any atom is 0.0513 e. The van der Waals surface area contributed by atoms with Gasteiger partial charge in [0.1, 0.15) is 0 Å². The number of hydrogen-bond acceptors (Lipinski definition) is 4. The Morgan fingerprint density at radius 1 is 1.46 bits per heavy atom. The van der Waals surface area contributed by atoms with E-state index in [-0.39, 0.29) is 0 Å². The van der Waals surface area contributed by atoms with Crippen molar-refractivity contribution in [2.45, 2.75) is 25.8 Å². The second-order valence-electron chi connectivity index (χ2n) is 3.69. The molecule has 4 nitrogen and oxygen atoms in total. The molecule has 4 heteroatoms. The van der Waals surface area contributed by atoms with Crippen LogP contribution in [0.1, 0.15) is 19.8 Å². The van der Waals surface area contributed by atoms with Gasteiger partial charge in [-0.25, -0.2) is 0 Å². The molecule has 0 unspecified atom stereocenters. The van der Waals surface area contributed by atoms with Crippen molar-refractivity contribution in [3.05, 3.63) is 11.9 Å². The van der Waals surface area contributed by atoms with E-state index in [1.807, 2.05) is 12.1 Å². The minimum atomic E-state index is 0.593. The van der Waals surface area contributed by atoms with E-state index >= 15 is 0 Å². The molecule has 0 saturated carbocycles. The lowest BCUT2D eigenvalue weighted by molar-refractivity contribution is 0.0125. The lowest BCUT2D eigenvalue weighted by Gasteiger charge is -2.33. The largest absolute Gasteiger partial charge is 0.381 e. The number of rotatable bonds is 1. The molecule has 0 atom stereocenters. The van der Waals surface area contributed by atoms with Crippen molar-refractivity contribution in [2.75, 3.05) is 20.3 Å². The Morgan fingerprint density at radius 2 is 2.15 bits per heavy atom. The summed E-state index contributed by atoms with van der Waals surface area (Å²) in [5, 5.41) is 4.23. The van der Waals surface area contributed by atoms with E-state index in [4.69, 9.17) is 4.74 Å². The van der Waals surface area contributed by atoms with Gasteiger partial charge in [0.05, 0.1) is 6.04 Å². The summed E-state index contributed by atoms with van der Waals surface area (Å²) in [7, 11) is 2.02. The van der Waals surface area contributed by atoms with E-state index in [0.717, 1.165) is 26.1 Å². The first-order valence-corrected chi connectivity index (χ1v) is 4.82. The second-order valence-corrected chi connectivity index (χ2v) is 3.69. The molecule has 1 fully saturated rings. The Kier molecular flexibility index (Phi) is 2.42. The zero-order valence-corrected chi connectivity index (χ0v) is 8.29. The molecule has 0 spiro atoms. The van der Waals surface area contributed by atoms with Crippen LogP contribution in [0.5, 0.6) is 0 Å². The Labute approximate surface area is 79.1 Å². The van der Waals surface area contributed by atoms with Crippen LogP contribution in [0.25, 0.3) is 0 Å². The third kappa shape index (κ3) is 1.78. The molecule has 2 rings (SSSR count). The average molecular weight is 183 g/mol. The van der Waals surface area contributed by atoms with Crippen LogP contribution in [0.15, 0.2) is 11.9 Å². The minimum absolute atomic E-state index is 0.593. The summed E-state index contributed by atoms with van der Waals surface area (Å²) in [5.74, 6) is 0. The zero-order chi connectivity index (χ0) is 9.26. The fourth-order valence-corrected chi connectivity index (χ4v) is 1.93. The molecule has 0 aromatic carbocycles. The fourth-order valence-electron chi connectivity index (χ4n) is 1.93. The number of nitrogens with zero attached hydrogens (tertiary/aromatic N) is 2. The van der Waals surface area contributed by atoms with Gasteiger partial charge in [-0.15, -0.1) is 5.53 Å². The van der Waals surface area contributed by atoms with Crippen LogP contribution in [-0.4, -0.2) is 36.3 Å². The molecule has 1 N–H and O–H groups in total. The molecular formula is C9H17N3O. The standard InChI is InChI=1S/C9H17N3O/c1-8-7-11(2)10-12(8)9-3-5-13-6-4-9/h7,9-10H,3-6H2,1-2H3. The van der Waals surface area contributed by atoms with Crippen molar-refractivity contribution in [3.8, 4) is 0 Å². The summed E-state index contributed by atoms with van der Waals surface area (Å²) >= 11 is 0. The molecule has 0 aromatic heterocycles. The smallest absolute Gasteiger partial charge is 0.0513 e. The predicted molar refractivity (Wildman–Crippen MR) is 50.3 cm³/mol. The van der Waals surface area contributed by atoms with Crippen molar-refractivity contribution in [1.29, 1.82) is 0 Å². The third-order valence-corrected chi connectivity index (χ3v) is 2.58. The van der Waals surface area contributed by atoms with Crippen LogP contribution in [0.4, 0.5) is 0 Å². The SMILES string of the molecule is CC1=CN(C)NN1C1CCOCC1. The van der Waals surface area contributed by atoms with Gasteiger partial charge in [-0.2, -0.15) is 0 Å². The summed E-state index contributed by atoms with van der Waals surface area (Å²) in [6, 6.07) is 0.593. The Morgan fingerprint density at radius 3 is 2.69 bits per heavy atom. The summed E-state index contributed by atoms with van der Waals surface area (Å²) in [4.78, 5) is 0. The van der Waals surface area contributed by atoms with Crippen LogP contribution in [0.2, 0.25) is 0 Å². The average Bonchev–Trinajstić information content (AvgIpc) is 2.47. The number of nitrogens with one attached hydrogen (secondary N) is 1. The Balaban J connectivity index is 1.97. The van der Waals surface area contributed by atoms with Crippen LogP contribution in [0, 0.1) is 0 Å². The van der Waals surface area contributed by atoms with Crippen molar-refractivity contribution in [2.24, 2.45) is 0 Å². The Bertz CT molecular complexity index is 211. The first-order chi connectivity index (χ1) is 6.27. The van der Waals surface area contributed by atoms with Gasteiger partial charge in [-0.3, -0.25) is 10.0 Å². The first kappa shape index (κ1) is 8.84. The highest BCUT2D eigenvalue weighted by Crippen LogP contribution is 2.20. The molecular weight excluding hydrogens is 166 g/mol. The molecule has 2 heterocycles. The van der Waals surface area contributed by atoms with Gasteiger partial charge >= 0.3 is 0 Å². The van der Waals surface area contributed by atoms with Crippen molar-refractivity contribution in [3.63, 3.8) is 0 Å². The monoisotopic (exact) mass is 183 g/mol. The lowest BCUT2D eigenvalue weighted by Crippen LogP contribution is -2.47. The fraction of sp³-hybridized carbons (Fsp3) is 0.778. The second kappa shape index (κ2) is 3.55. The number of hydrazine groups is 2. The molecule has 13 heavy (non-hydrogen) atoms. The van der Waals surface area contributed by atoms with Crippen molar-refractivity contribution < 1.29 is 4.74 Å². The molecule has 1 saturated heterocycles. The van der Waals surface area contributed by atoms with Crippen LogP contribution >= 0.6 is 0 Å². The molecule has 0 aromatic rings. The molecule has 0 bridgehead atoms. The van der Waals surface area contributed by atoms with Gasteiger partial charge in [0.15, 0.2) is 0 Å². The van der Waals surface area contributed by atoms with E-state index in [0.29, 0.717) is 6.04 Å². The molecule has 2 aliphatic rings. The number of ether oxygens (including phenoxy) is 1. The molecule has 2 aliphatic heterocycles. The van der Waals surface area contributed by atoms with Crippen LogP contribution in [-0.2, 0) is 4.74 Å². The highest BCUT2D eigenvalue weighted by Gasteiger charge is 2.25. The van der Waals surface area contributed by atoms with E-state index < -0.39 is 0 Å². The quantitative estimate of drug-likeness (QED) is 0.647. The molecule has 0 radical (unpaired) electrons. The van der Waals surface area contributed by atoms with E-state index in [1.165, 1.54) is 5.70 Å². The maximum atomic E-state index is 5.33. The molecule has 74 valence electrons. The van der Waals surface area contributed by atoms with Crippen LogP contribution in [0.3, 0.4) is 0 Å². The van der Waals surface area contributed by atoms with Gasteiger partial charge in [-0.1, -0.05) is 0 Å². The van der Waals surface area contributed by atoms with Gasteiger partial charge in [0.25, 0.3) is 0 Å². The van der Waals surface area contributed by atoms with Crippen molar-refractivity contribution >= 4 is 0 Å².